The molecular weight excluding hydrogens is 334 g/mol. The number of hydrogen-bond donors (Lipinski definition) is 1. The molecule has 134 valence electrons. The van der Waals surface area contributed by atoms with Crippen LogP contribution in [0.4, 0.5) is 0 Å². The predicted octanol–water partition coefficient (Wildman–Crippen LogP) is 2.44. The number of nitrogens with one attached hydrogen (secondary N) is 1. The van der Waals surface area contributed by atoms with Crippen molar-refractivity contribution >= 4 is 15.8 Å². The topological polar surface area (TPSA) is 61.8 Å². The van der Waals surface area contributed by atoms with Crippen LogP contribution < -0.4 is 5.32 Å². The van der Waals surface area contributed by atoms with Gasteiger partial charge in [0.15, 0.2) is 15.8 Å². The third-order valence-electron chi connectivity index (χ3n) is 3.65. The molecule has 2 rings (SSSR count). The van der Waals surface area contributed by atoms with Gasteiger partial charge in [0.2, 0.25) is 0 Å². The van der Waals surface area contributed by atoms with Crippen molar-refractivity contribution in [2.45, 2.75) is 18.8 Å². The van der Waals surface area contributed by atoms with E-state index in [4.69, 9.17) is 0 Å². The van der Waals surface area contributed by atoms with Crippen LogP contribution in [0.2, 0.25) is 0 Å². The summed E-state index contributed by atoms with van der Waals surface area (Å²) in [6, 6.07) is 17.6. The Labute approximate surface area is 150 Å². The van der Waals surface area contributed by atoms with Gasteiger partial charge in [0.1, 0.15) is 0 Å². The van der Waals surface area contributed by atoms with Crippen LogP contribution in [0.5, 0.6) is 0 Å². The fourth-order valence-corrected chi connectivity index (χ4v) is 3.28. The smallest absolute Gasteiger partial charge is 0.194 e. The van der Waals surface area contributed by atoms with E-state index >= 15 is 0 Å². The molecule has 0 heterocycles. The molecular formula is C19H25N3O2S. The molecule has 0 spiro atoms. The van der Waals surface area contributed by atoms with Crippen LogP contribution in [0, 0.1) is 0 Å². The van der Waals surface area contributed by atoms with Crippen molar-refractivity contribution in [3.63, 3.8) is 0 Å². The van der Waals surface area contributed by atoms with Gasteiger partial charge in [-0.3, -0.25) is 0 Å². The molecule has 0 amide bonds. The van der Waals surface area contributed by atoms with E-state index in [0.29, 0.717) is 13.1 Å². The quantitative estimate of drug-likeness (QED) is 0.636. The Morgan fingerprint density at radius 2 is 1.60 bits per heavy atom. The zero-order valence-electron chi connectivity index (χ0n) is 14.9. The van der Waals surface area contributed by atoms with Crippen molar-refractivity contribution < 1.29 is 8.42 Å². The minimum atomic E-state index is -3.07. The molecule has 25 heavy (non-hydrogen) atoms. The highest BCUT2D eigenvalue weighted by Crippen LogP contribution is 2.12. The van der Waals surface area contributed by atoms with Crippen molar-refractivity contribution in [2.75, 3.05) is 20.4 Å². The maximum absolute atomic E-state index is 11.6. The van der Waals surface area contributed by atoms with Gasteiger partial charge in [0.05, 0.1) is 12.3 Å². The molecule has 0 saturated carbocycles. The van der Waals surface area contributed by atoms with Crippen molar-refractivity contribution in [2.24, 2.45) is 4.99 Å². The first kappa shape index (κ1) is 19.0. The molecule has 0 saturated heterocycles. The lowest BCUT2D eigenvalue weighted by Crippen LogP contribution is -2.36. The number of aliphatic imine (C=N–C) groups is 1. The number of rotatable bonds is 6. The maximum Gasteiger partial charge on any atom is 0.194 e. The van der Waals surface area contributed by atoms with Crippen molar-refractivity contribution in [1.29, 1.82) is 0 Å². The summed E-state index contributed by atoms with van der Waals surface area (Å²) in [6.07, 6.45) is 1.25. The van der Waals surface area contributed by atoms with Crippen molar-refractivity contribution in [3.05, 3.63) is 71.3 Å². The predicted molar refractivity (Wildman–Crippen MR) is 103 cm³/mol. The Bertz CT molecular complexity index is 816. The van der Waals surface area contributed by atoms with Gasteiger partial charge < -0.3 is 10.2 Å². The van der Waals surface area contributed by atoms with E-state index in [9.17, 15) is 8.42 Å². The number of sulfone groups is 1. The normalized spacial score (nSPS) is 12.0. The summed E-state index contributed by atoms with van der Waals surface area (Å²) in [5, 5.41) is 3.31. The van der Waals surface area contributed by atoms with Crippen LogP contribution in [0.15, 0.2) is 59.6 Å². The Kier molecular flexibility index (Phi) is 6.58. The second-order valence-corrected chi connectivity index (χ2v) is 8.35. The summed E-state index contributed by atoms with van der Waals surface area (Å²) in [5.41, 5.74) is 2.92. The molecule has 0 aliphatic rings. The Balaban J connectivity index is 2.09. The second-order valence-electron chi connectivity index (χ2n) is 6.21. The summed E-state index contributed by atoms with van der Waals surface area (Å²) >= 11 is 0. The summed E-state index contributed by atoms with van der Waals surface area (Å²) in [6.45, 7) is 1.11. The lowest BCUT2D eigenvalue weighted by atomic mass is 10.1. The first-order chi connectivity index (χ1) is 11.8. The van der Waals surface area contributed by atoms with Crippen LogP contribution in [0.25, 0.3) is 0 Å². The Morgan fingerprint density at radius 1 is 1.00 bits per heavy atom. The second kappa shape index (κ2) is 8.67. The molecule has 0 unspecified atom stereocenters. The van der Waals surface area contributed by atoms with Crippen LogP contribution in [0.3, 0.4) is 0 Å². The van der Waals surface area contributed by atoms with Gasteiger partial charge in [0.25, 0.3) is 0 Å². The Morgan fingerprint density at radius 3 is 2.20 bits per heavy atom. The number of hydrogen-bond acceptors (Lipinski definition) is 3. The SMILES string of the molecule is CN(C)C(=NCc1ccccc1)NCc1ccccc1CS(C)(=O)=O. The molecule has 5 nitrogen and oxygen atoms in total. The fourth-order valence-electron chi connectivity index (χ4n) is 2.43. The molecule has 2 aromatic rings. The molecule has 0 aromatic heterocycles. The van der Waals surface area contributed by atoms with Gasteiger partial charge in [-0.05, 0) is 16.7 Å². The lowest BCUT2D eigenvalue weighted by molar-refractivity contribution is 0.578. The van der Waals surface area contributed by atoms with E-state index in [1.807, 2.05) is 73.6 Å². The van der Waals surface area contributed by atoms with Gasteiger partial charge in [0, 0.05) is 26.9 Å². The van der Waals surface area contributed by atoms with Crippen LogP contribution >= 0.6 is 0 Å². The highest BCUT2D eigenvalue weighted by atomic mass is 32.2. The van der Waals surface area contributed by atoms with E-state index in [2.05, 4.69) is 10.3 Å². The van der Waals surface area contributed by atoms with E-state index in [-0.39, 0.29) is 5.75 Å². The maximum atomic E-state index is 11.6. The van der Waals surface area contributed by atoms with Crippen LogP contribution in [-0.2, 0) is 28.7 Å². The first-order valence-corrected chi connectivity index (χ1v) is 10.2. The summed E-state index contributed by atoms with van der Waals surface area (Å²) < 4.78 is 23.2. The number of guanidine groups is 1. The van der Waals surface area contributed by atoms with Gasteiger partial charge in [-0.2, -0.15) is 0 Å². The van der Waals surface area contributed by atoms with E-state index < -0.39 is 9.84 Å². The number of nitrogens with zero attached hydrogens (tertiary/aromatic N) is 2. The Hall–Kier alpha value is -2.34. The molecule has 0 radical (unpaired) electrons. The van der Waals surface area contributed by atoms with Crippen LogP contribution in [0.1, 0.15) is 16.7 Å². The number of benzene rings is 2. The zero-order chi connectivity index (χ0) is 18.3. The summed E-state index contributed by atoms with van der Waals surface area (Å²) in [5.74, 6) is 0.807. The molecule has 2 aromatic carbocycles. The minimum Gasteiger partial charge on any atom is -0.352 e. The van der Waals surface area contributed by atoms with Crippen LogP contribution in [-0.4, -0.2) is 39.6 Å². The third-order valence-corrected chi connectivity index (χ3v) is 4.49. The average molecular weight is 359 g/mol. The molecule has 0 aliphatic heterocycles. The standard InChI is InChI=1S/C19H25N3O2S/c1-22(2)19(20-13-16-9-5-4-6-10-16)21-14-17-11-7-8-12-18(17)15-25(3,23)24/h4-12H,13-15H2,1-3H3,(H,20,21). The minimum absolute atomic E-state index is 0.0449. The monoisotopic (exact) mass is 359 g/mol. The molecule has 0 bridgehead atoms. The zero-order valence-corrected chi connectivity index (χ0v) is 15.8. The van der Waals surface area contributed by atoms with Crippen molar-refractivity contribution in [1.82, 2.24) is 10.2 Å². The van der Waals surface area contributed by atoms with E-state index in [0.717, 1.165) is 22.6 Å². The molecule has 0 fully saturated rings. The fraction of sp³-hybridized carbons (Fsp3) is 0.316. The highest BCUT2D eigenvalue weighted by molar-refractivity contribution is 7.89. The first-order valence-electron chi connectivity index (χ1n) is 8.09. The lowest BCUT2D eigenvalue weighted by Gasteiger charge is -2.19. The molecule has 1 N–H and O–H groups in total. The van der Waals surface area contributed by atoms with Gasteiger partial charge in [-0.25, -0.2) is 13.4 Å². The third kappa shape index (κ3) is 6.58. The highest BCUT2D eigenvalue weighted by Gasteiger charge is 2.10. The largest absolute Gasteiger partial charge is 0.352 e. The molecule has 0 atom stereocenters. The van der Waals surface area contributed by atoms with Gasteiger partial charge in [-0.15, -0.1) is 0 Å². The average Bonchev–Trinajstić information content (AvgIpc) is 2.55. The molecule has 0 aliphatic carbocycles. The van der Waals surface area contributed by atoms with E-state index in [1.54, 1.807) is 0 Å². The summed E-state index contributed by atoms with van der Waals surface area (Å²) in [7, 11) is 0.790. The summed E-state index contributed by atoms with van der Waals surface area (Å²) in [4.78, 5) is 6.54. The van der Waals surface area contributed by atoms with Crippen molar-refractivity contribution in [3.8, 4) is 0 Å². The molecule has 6 heteroatoms. The van der Waals surface area contributed by atoms with E-state index in [1.165, 1.54) is 6.26 Å². The van der Waals surface area contributed by atoms with Gasteiger partial charge >= 0.3 is 0 Å². The van der Waals surface area contributed by atoms with Gasteiger partial charge in [-0.1, -0.05) is 54.6 Å².